The number of nitrogens with one attached hydrogen (secondary N) is 1. The summed E-state index contributed by atoms with van der Waals surface area (Å²) in [6, 6.07) is 8.54. The van der Waals surface area contributed by atoms with Crippen LogP contribution < -0.4 is 5.32 Å². The van der Waals surface area contributed by atoms with E-state index in [1.165, 1.54) is 31.2 Å². The average Bonchev–Trinajstić information content (AvgIpc) is 2.68. The van der Waals surface area contributed by atoms with Crippen LogP contribution >= 0.6 is 0 Å². The third-order valence-corrected chi connectivity index (χ3v) is 4.43. The Hall–Kier alpha value is -1.15. The molecule has 0 radical (unpaired) electrons. The van der Waals surface area contributed by atoms with Crippen LogP contribution in [0.4, 0.5) is 0 Å². The number of aryl methyl sites for hydroxylation is 1. The standard InChI is InChI=1S/C16H21NO/c18-16-13-7-4-3-6-12(13)9-10-14(16)15-8-2-1-5-11-17-15/h3-4,6-7,14-15,17H,1-2,5,8-11H2/t14-,15-/m1/s1. The number of fused-ring (bicyclic) bond motifs is 1. The number of hydrogen-bond acceptors (Lipinski definition) is 2. The van der Waals surface area contributed by atoms with Crippen LogP contribution in [-0.4, -0.2) is 18.4 Å². The van der Waals surface area contributed by atoms with Crippen LogP contribution in [0, 0.1) is 5.92 Å². The van der Waals surface area contributed by atoms with Gasteiger partial charge in [-0.15, -0.1) is 0 Å². The third-order valence-electron chi connectivity index (χ3n) is 4.43. The van der Waals surface area contributed by atoms with Crippen molar-refractivity contribution in [2.24, 2.45) is 5.92 Å². The van der Waals surface area contributed by atoms with Crippen LogP contribution in [0.15, 0.2) is 24.3 Å². The molecule has 1 aromatic carbocycles. The quantitative estimate of drug-likeness (QED) is 0.821. The minimum atomic E-state index is 0.206. The predicted octanol–water partition coefficient (Wildman–Crippen LogP) is 2.96. The molecule has 0 aromatic heterocycles. The molecule has 2 atom stereocenters. The second kappa shape index (κ2) is 5.23. The van der Waals surface area contributed by atoms with Crippen LogP contribution in [0.1, 0.15) is 48.0 Å². The number of rotatable bonds is 1. The molecule has 0 unspecified atom stereocenters. The summed E-state index contributed by atoms with van der Waals surface area (Å²) < 4.78 is 0. The third kappa shape index (κ3) is 2.22. The summed E-state index contributed by atoms with van der Waals surface area (Å²) in [5, 5.41) is 3.59. The molecule has 1 saturated heterocycles. The Balaban J connectivity index is 1.81. The minimum absolute atomic E-state index is 0.206. The normalized spacial score (nSPS) is 28.6. The summed E-state index contributed by atoms with van der Waals surface area (Å²) in [6.07, 6.45) is 7.08. The average molecular weight is 243 g/mol. The van der Waals surface area contributed by atoms with Crippen molar-refractivity contribution in [3.8, 4) is 0 Å². The minimum Gasteiger partial charge on any atom is -0.313 e. The SMILES string of the molecule is O=C1c2ccccc2CC[C@@H]1[C@H]1CCCCCN1. The molecule has 1 N–H and O–H groups in total. The van der Waals surface area contributed by atoms with Gasteiger partial charge in [-0.1, -0.05) is 37.1 Å². The summed E-state index contributed by atoms with van der Waals surface area (Å²) in [4.78, 5) is 12.6. The largest absolute Gasteiger partial charge is 0.313 e. The zero-order chi connectivity index (χ0) is 12.4. The van der Waals surface area contributed by atoms with Gasteiger partial charge in [0.1, 0.15) is 0 Å². The molecule has 2 nitrogen and oxygen atoms in total. The number of carbonyl (C=O) groups excluding carboxylic acids is 1. The Morgan fingerprint density at radius 2 is 1.94 bits per heavy atom. The number of benzene rings is 1. The van der Waals surface area contributed by atoms with Gasteiger partial charge in [-0.3, -0.25) is 4.79 Å². The van der Waals surface area contributed by atoms with Crippen molar-refractivity contribution >= 4 is 5.78 Å². The van der Waals surface area contributed by atoms with Crippen LogP contribution in [0.5, 0.6) is 0 Å². The molecule has 3 rings (SSSR count). The summed E-state index contributed by atoms with van der Waals surface area (Å²) in [5.74, 6) is 0.578. The van der Waals surface area contributed by atoms with Crippen molar-refractivity contribution < 1.29 is 4.79 Å². The second-order valence-corrected chi connectivity index (χ2v) is 5.58. The fourth-order valence-corrected chi connectivity index (χ4v) is 3.40. The molecular weight excluding hydrogens is 222 g/mol. The summed E-state index contributed by atoms with van der Waals surface area (Å²) >= 11 is 0. The predicted molar refractivity (Wildman–Crippen MR) is 72.8 cm³/mol. The zero-order valence-corrected chi connectivity index (χ0v) is 10.8. The van der Waals surface area contributed by atoms with E-state index in [4.69, 9.17) is 0 Å². The Labute approximate surface area is 109 Å². The summed E-state index contributed by atoms with van der Waals surface area (Å²) in [6.45, 7) is 1.08. The number of hydrogen-bond donors (Lipinski definition) is 1. The van der Waals surface area contributed by atoms with Gasteiger partial charge >= 0.3 is 0 Å². The highest BCUT2D eigenvalue weighted by Gasteiger charge is 2.33. The van der Waals surface area contributed by atoms with E-state index >= 15 is 0 Å². The van der Waals surface area contributed by atoms with E-state index in [-0.39, 0.29) is 5.92 Å². The van der Waals surface area contributed by atoms with Crippen molar-refractivity contribution in [1.82, 2.24) is 5.32 Å². The van der Waals surface area contributed by atoms with Crippen molar-refractivity contribution in [2.75, 3.05) is 6.54 Å². The van der Waals surface area contributed by atoms with E-state index in [1.807, 2.05) is 18.2 Å². The molecule has 1 fully saturated rings. The van der Waals surface area contributed by atoms with E-state index in [0.29, 0.717) is 11.8 Å². The summed E-state index contributed by atoms with van der Waals surface area (Å²) in [7, 11) is 0. The number of Topliss-reactive ketones (excluding diaryl/α,β-unsaturated/α-hetero) is 1. The molecule has 1 aliphatic heterocycles. The fraction of sp³-hybridized carbons (Fsp3) is 0.562. The highest BCUT2D eigenvalue weighted by molar-refractivity contribution is 6.00. The lowest BCUT2D eigenvalue weighted by molar-refractivity contribution is 0.0865. The Bertz CT molecular complexity index is 432. The second-order valence-electron chi connectivity index (χ2n) is 5.58. The molecular formula is C16H21NO. The lowest BCUT2D eigenvalue weighted by atomic mass is 9.78. The highest BCUT2D eigenvalue weighted by atomic mass is 16.1. The van der Waals surface area contributed by atoms with Crippen molar-refractivity contribution in [2.45, 2.75) is 44.6 Å². The molecule has 1 aromatic rings. The molecule has 0 bridgehead atoms. The maximum absolute atomic E-state index is 12.6. The first kappa shape index (κ1) is 11.9. The van der Waals surface area contributed by atoms with Gasteiger partial charge in [0.15, 0.2) is 5.78 Å². The van der Waals surface area contributed by atoms with Crippen LogP contribution in [-0.2, 0) is 6.42 Å². The zero-order valence-electron chi connectivity index (χ0n) is 10.8. The smallest absolute Gasteiger partial charge is 0.167 e. The van der Waals surface area contributed by atoms with Crippen molar-refractivity contribution in [3.63, 3.8) is 0 Å². The van der Waals surface area contributed by atoms with E-state index in [2.05, 4.69) is 11.4 Å². The first-order valence-electron chi connectivity index (χ1n) is 7.22. The maximum Gasteiger partial charge on any atom is 0.167 e. The highest BCUT2D eigenvalue weighted by Crippen LogP contribution is 2.30. The van der Waals surface area contributed by atoms with E-state index in [9.17, 15) is 4.79 Å². The molecule has 0 amide bonds. The number of carbonyl (C=O) groups is 1. The molecule has 0 saturated carbocycles. The monoisotopic (exact) mass is 243 g/mol. The van der Waals surface area contributed by atoms with Gasteiger partial charge in [0.25, 0.3) is 0 Å². The van der Waals surface area contributed by atoms with Crippen molar-refractivity contribution in [1.29, 1.82) is 0 Å². The first-order valence-corrected chi connectivity index (χ1v) is 7.22. The van der Waals surface area contributed by atoms with Gasteiger partial charge in [-0.25, -0.2) is 0 Å². The number of ketones is 1. The molecule has 1 aliphatic carbocycles. The van der Waals surface area contributed by atoms with E-state index < -0.39 is 0 Å². The molecule has 96 valence electrons. The topological polar surface area (TPSA) is 29.1 Å². The van der Waals surface area contributed by atoms with Gasteiger partial charge in [0.05, 0.1) is 0 Å². The molecule has 0 spiro atoms. The van der Waals surface area contributed by atoms with Gasteiger partial charge in [-0.2, -0.15) is 0 Å². The molecule has 2 aliphatic rings. The Morgan fingerprint density at radius 1 is 1.06 bits per heavy atom. The van der Waals surface area contributed by atoms with Gasteiger partial charge in [-0.05, 0) is 37.8 Å². The lowest BCUT2D eigenvalue weighted by Gasteiger charge is -2.30. The van der Waals surface area contributed by atoms with Gasteiger partial charge in [0, 0.05) is 17.5 Å². The lowest BCUT2D eigenvalue weighted by Crippen LogP contribution is -2.41. The first-order chi connectivity index (χ1) is 8.86. The van der Waals surface area contributed by atoms with Crippen LogP contribution in [0.2, 0.25) is 0 Å². The van der Waals surface area contributed by atoms with E-state index in [1.54, 1.807) is 0 Å². The Kier molecular flexibility index (Phi) is 3.46. The van der Waals surface area contributed by atoms with Gasteiger partial charge in [0.2, 0.25) is 0 Å². The molecule has 2 heteroatoms. The van der Waals surface area contributed by atoms with E-state index in [0.717, 1.165) is 24.9 Å². The van der Waals surface area contributed by atoms with Crippen LogP contribution in [0.25, 0.3) is 0 Å². The summed E-state index contributed by atoms with van der Waals surface area (Å²) in [5.41, 5.74) is 2.21. The molecule has 1 heterocycles. The molecule has 18 heavy (non-hydrogen) atoms. The maximum atomic E-state index is 12.6. The fourth-order valence-electron chi connectivity index (χ4n) is 3.40. The van der Waals surface area contributed by atoms with Gasteiger partial charge < -0.3 is 5.32 Å². The van der Waals surface area contributed by atoms with Crippen LogP contribution in [0.3, 0.4) is 0 Å². The Morgan fingerprint density at radius 3 is 2.89 bits per heavy atom. The van der Waals surface area contributed by atoms with Crippen molar-refractivity contribution in [3.05, 3.63) is 35.4 Å².